The van der Waals surface area contributed by atoms with E-state index in [4.69, 9.17) is 5.26 Å². The molecule has 1 heterocycles. The van der Waals surface area contributed by atoms with Gasteiger partial charge in [0.25, 0.3) is 0 Å². The SMILES string of the molecule is Cc1nc(C(C#N)NCCN(C)C)cs1. The van der Waals surface area contributed by atoms with Crippen LogP contribution in [0.5, 0.6) is 0 Å². The fourth-order valence-corrected chi connectivity index (χ4v) is 1.80. The lowest BCUT2D eigenvalue weighted by Crippen LogP contribution is -2.29. The number of hydrogen-bond acceptors (Lipinski definition) is 5. The predicted octanol–water partition coefficient (Wildman–Crippen LogP) is 1.17. The van der Waals surface area contributed by atoms with Crippen LogP contribution in [0.3, 0.4) is 0 Å². The molecule has 4 nitrogen and oxygen atoms in total. The van der Waals surface area contributed by atoms with Crippen molar-refractivity contribution in [3.63, 3.8) is 0 Å². The second kappa shape index (κ2) is 5.81. The highest BCUT2D eigenvalue weighted by atomic mass is 32.1. The van der Waals surface area contributed by atoms with E-state index in [2.05, 4.69) is 21.3 Å². The van der Waals surface area contributed by atoms with Crippen LogP contribution in [0.25, 0.3) is 0 Å². The molecule has 0 fully saturated rings. The molecule has 0 radical (unpaired) electrons. The van der Waals surface area contributed by atoms with Crippen molar-refractivity contribution in [3.8, 4) is 6.07 Å². The first-order valence-corrected chi connectivity index (χ1v) is 5.71. The van der Waals surface area contributed by atoms with E-state index in [0.29, 0.717) is 0 Å². The maximum atomic E-state index is 8.99. The Labute approximate surface area is 94.5 Å². The van der Waals surface area contributed by atoms with Crippen molar-refractivity contribution in [2.45, 2.75) is 13.0 Å². The minimum Gasteiger partial charge on any atom is -0.308 e. The summed E-state index contributed by atoms with van der Waals surface area (Å²) in [5, 5.41) is 15.1. The van der Waals surface area contributed by atoms with Crippen molar-refractivity contribution < 1.29 is 0 Å². The lowest BCUT2D eigenvalue weighted by molar-refractivity contribution is 0.394. The Morgan fingerprint density at radius 1 is 1.67 bits per heavy atom. The van der Waals surface area contributed by atoms with Gasteiger partial charge >= 0.3 is 0 Å². The molecular weight excluding hydrogens is 208 g/mol. The second-order valence-electron chi connectivity index (χ2n) is 3.61. The molecule has 15 heavy (non-hydrogen) atoms. The Morgan fingerprint density at radius 2 is 2.40 bits per heavy atom. The van der Waals surface area contributed by atoms with Crippen LogP contribution in [0.1, 0.15) is 16.7 Å². The molecule has 0 aliphatic carbocycles. The Balaban J connectivity index is 2.47. The molecule has 0 aromatic carbocycles. The molecular formula is C10H16N4S. The normalized spacial score (nSPS) is 12.7. The van der Waals surface area contributed by atoms with Crippen molar-refractivity contribution in [3.05, 3.63) is 16.1 Å². The van der Waals surface area contributed by atoms with Crippen LogP contribution in [0.2, 0.25) is 0 Å². The van der Waals surface area contributed by atoms with Gasteiger partial charge in [0.2, 0.25) is 0 Å². The average Bonchev–Trinajstić information content (AvgIpc) is 2.59. The largest absolute Gasteiger partial charge is 0.308 e. The first-order valence-electron chi connectivity index (χ1n) is 4.83. The van der Waals surface area contributed by atoms with Gasteiger partial charge in [-0.3, -0.25) is 5.32 Å². The molecule has 0 aliphatic heterocycles. The number of nitriles is 1. The zero-order chi connectivity index (χ0) is 11.3. The van der Waals surface area contributed by atoms with Crippen molar-refractivity contribution >= 4 is 11.3 Å². The number of aromatic nitrogens is 1. The molecule has 0 aliphatic rings. The summed E-state index contributed by atoms with van der Waals surface area (Å²) in [5.41, 5.74) is 0.832. The number of hydrogen-bond donors (Lipinski definition) is 1. The average molecular weight is 224 g/mol. The zero-order valence-electron chi connectivity index (χ0n) is 9.32. The van der Waals surface area contributed by atoms with Crippen molar-refractivity contribution in [2.24, 2.45) is 0 Å². The molecule has 1 atom stereocenters. The van der Waals surface area contributed by atoms with Gasteiger partial charge in [0.15, 0.2) is 0 Å². The van der Waals surface area contributed by atoms with Crippen LogP contribution in [-0.4, -0.2) is 37.1 Å². The summed E-state index contributed by atoms with van der Waals surface area (Å²) in [4.78, 5) is 6.38. The monoisotopic (exact) mass is 224 g/mol. The van der Waals surface area contributed by atoms with Gasteiger partial charge in [0, 0.05) is 18.5 Å². The van der Waals surface area contributed by atoms with Crippen LogP contribution in [0.4, 0.5) is 0 Å². The number of rotatable bonds is 5. The molecule has 1 N–H and O–H groups in total. The third kappa shape index (κ3) is 3.96. The fourth-order valence-electron chi connectivity index (χ4n) is 1.16. The number of nitrogens with one attached hydrogen (secondary N) is 1. The number of nitrogens with zero attached hydrogens (tertiary/aromatic N) is 3. The lowest BCUT2D eigenvalue weighted by Gasteiger charge is -2.12. The molecule has 1 aromatic heterocycles. The first kappa shape index (κ1) is 12.1. The minimum atomic E-state index is -0.283. The quantitative estimate of drug-likeness (QED) is 0.815. The van der Waals surface area contributed by atoms with E-state index in [-0.39, 0.29) is 6.04 Å². The Morgan fingerprint density at radius 3 is 2.87 bits per heavy atom. The maximum absolute atomic E-state index is 8.99. The van der Waals surface area contributed by atoms with Gasteiger partial charge in [0.1, 0.15) is 6.04 Å². The smallest absolute Gasteiger partial charge is 0.139 e. The highest BCUT2D eigenvalue weighted by Gasteiger charge is 2.12. The summed E-state index contributed by atoms with van der Waals surface area (Å²) in [5.74, 6) is 0. The molecule has 0 saturated heterocycles. The summed E-state index contributed by atoms with van der Waals surface area (Å²) in [7, 11) is 4.02. The molecule has 1 aromatic rings. The van der Waals surface area contributed by atoms with Gasteiger partial charge in [0.05, 0.1) is 16.8 Å². The topological polar surface area (TPSA) is 52.0 Å². The molecule has 82 valence electrons. The molecule has 0 bridgehead atoms. The molecule has 5 heteroatoms. The summed E-state index contributed by atoms with van der Waals surface area (Å²) in [6.45, 7) is 3.66. The molecule has 0 saturated carbocycles. The van der Waals surface area contributed by atoms with Gasteiger partial charge in [-0.1, -0.05) is 0 Å². The van der Waals surface area contributed by atoms with E-state index >= 15 is 0 Å². The van der Waals surface area contributed by atoms with Crippen LogP contribution in [0.15, 0.2) is 5.38 Å². The third-order valence-corrected chi connectivity index (χ3v) is 2.76. The van der Waals surface area contributed by atoms with E-state index < -0.39 is 0 Å². The molecule has 1 unspecified atom stereocenters. The van der Waals surface area contributed by atoms with Crippen LogP contribution in [-0.2, 0) is 0 Å². The number of aryl methyl sites for hydroxylation is 1. The third-order valence-electron chi connectivity index (χ3n) is 1.97. The Hall–Kier alpha value is -0.960. The van der Waals surface area contributed by atoms with E-state index in [1.807, 2.05) is 26.4 Å². The van der Waals surface area contributed by atoms with E-state index in [1.54, 1.807) is 11.3 Å². The minimum absolute atomic E-state index is 0.283. The van der Waals surface area contributed by atoms with Crippen LogP contribution < -0.4 is 5.32 Å². The highest BCUT2D eigenvalue weighted by Crippen LogP contribution is 2.15. The van der Waals surface area contributed by atoms with Gasteiger partial charge in [-0.2, -0.15) is 5.26 Å². The van der Waals surface area contributed by atoms with Gasteiger partial charge in [-0.05, 0) is 21.0 Å². The first-order chi connectivity index (χ1) is 7.13. The fraction of sp³-hybridized carbons (Fsp3) is 0.600. The van der Waals surface area contributed by atoms with E-state index in [9.17, 15) is 0 Å². The number of likely N-dealkylation sites (N-methyl/N-ethyl adjacent to an activating group) is 1. The van der Waals surface area contributed by atoms with Crippen molar-refractivity contribution in [1.29, 1.82) is 5.26 Å². The summed E-state index contributed by atoms with van der Waals surface area (Å²) in [6.07, 6.45) is 0. The van der Waals surface area contributed by atoms with Crippen LogP contribution >= 0.6 is 11.3 Å². The van der Waals surface area contributed by atoms with Gasteiger partial charge in [-0.25, -0.2) is 4.98 Å². The summed E-state index contributed by atoms with van der Waals surface area (Å²) < 4.78 is 0. The lowest BCUT2D eigenvalue weighted by atomic mass is 10.2. The predicted molar refractivity (Wildman–Crippen MR) is 61.8 cm³/mol. The van der Waals surface area contributed by atoms with Gasteiger partial charge < -0.3 is 4.90 Å². The summed E-state index contributed by atoms with van der Waals surface area (Å²) >= 11 is 1.58. The summed E-state index contributed by atoms with van der Waals surface area (Å²) in [6, 6.07) is 1.94. The molecule has 0 amide bonds. The standard InChI is InChI=1S/C10H16N4S/c1-8-13-10(7-15-8)9(6-11)12-4-5-14(2)3/h7,9,12H,4-5H2,1-3H3. The highest BCUT2D eigenvalue weighted by molar-refractivity contribution is 7.09. The molecule has 0 spiro atoms. The second-order valence-corrected chi connectivity index (χ2v) is 4.67. The maximum Gasteiger partial charge on any atom is 0.139 e. The van der Waals surface area contributed by atoms with Gasteiger partial charge in [-0.15, -0.1) is 11.3 Å². The van der Waals surface area contributed by atoms with E-state index in [1.165, 1.54) is 0 Å². The van der Waals surface area contributed by atoms with Crippen molar-refractivity contribution in [2.75, 3.05) is 27.2 Å². The number of thiazole rings is 1. The Bertz CT molecular complexity index is 339. The molecule has 1 rings (SSSR count). The van der Waals surface area contributed by atoms with Crippen LogP contribution in [0, 0.1) is 18.3 Å². The van der Waals surface area contributed by atoms with E-state index in [0.717, 1.165) is 23.8 Å². The van der Waals surface area contributed by atoms with Crippen molar-refractivity contribution in [1.82, 2.24) is 15.2 Å². The Kier molecular flexibility index (Phi) is 4.69. The zero-order valence-corrected chi connectivity index (χ0v) is 10.1.